The SMILES string of the molecule is CC1(C)c2ccccc2-c2c(-c3ccc4oc5cc(C6N=C(c7ccccc7)NC(c7ccccc7)=N6)ccc5c4c3)cccc21. The molecule has 7 aromatic rings. The maximum atomic E-state index is 6.47. The van der Waals surface area contributed by atoms with E-state index >= 15 is 0 Å². The second-order valence-corrected chi connectivity index (χ2v) is 12.7. The molecular formula is C42H31N3O. The van der Waals surface area contributed by atoms with Crippen LogP contribution in [0.1, 0.15) is 47.8 Å². The first-order valence-electron chi connectivity index (χ1n) is 15.8. The minimum Gasteiger partial charge on any atom is -0.456 e. The molecule has 0 bridgehead atoms. The summed E-state index contributed by atoms with van der Waals surface area (Å²) in [6.45, 7) is 4.65. The third-order valence-electron chi connectivity index (χ3n) is 9.55. The monoisotopic (exact) mass is 593 g/mol. The van der Waals surface area contributed by atoms with E-state index in [4.69, 9.17) is 14.4 Å². The smallest absolute Gasteiger partial charge is 0.169 e. The van der Waals surface area contributed by atoms with Crippen LogP contribution in [0.5, 0.6) is 0 Å². The molecule has 220 valence electrons. The van der Waals surface area contributed by atoms with Crippen molar-refractivity contribution >= 4 is 33.6 Å². The van der Waals surface area contributed by atoms with E-state index < -0.39 is 6.17 Å². The minimum absolute atomic E-state index is 0.0366. The molecule has 0 radical (unpaired) electrons. The summed E-state index contributed by atoms with van der Waals surface area (Å²) in [6, 6.07) is 48.9. The number of furan rings is 1. The molecule has 2 heterocycles. The van der Waals surface area contributed by atoms with Crippen molar-refractivity contribution in [1.29, 1.82) is 0 Å². The van der Waals surface area contributed by atoms with E-state index in [-0.39, 0.29) is 5.41 Å². The summed E-state index contributed by atoms with van der Waals surface area (Å²) in [5.74, 6) is 1.60. The molecule has 0 amide bonds. The van der Waals surface area contributed by atoms with Gasteiger partial charge in [-0.25, -0.2) is 9.98 Å². The van der Waals surface area contributed by atoms with E-state index in [9.17, 15) is 0 Å². The van der Waals surface area contributed by atoms with Crippen molar-refractivity contribution in [2.24, 2.45) is 9.98 Å². The first kappa shape index (κ1) is 26.6. The van der Waals surface area contributed by atoms with Gasteiger partial charge in [-0.15, -0.1) is 0 Å². The van der Waals surface area contributed by atoms with Gasteiger partial charge in [0, 0.05) is 32.9 Å². The van der Waals surface area contributed by atoms with Crippen molar-refractivity contribution in [3.8, 4) is 22.3 Å². The maximum absolute atomic E-state index is 6.47. The van der Waals surface area contributed by atoms with E-state index in [1.807, 2.05) is 36.4 Å². The van der Waals surface area contributed by atoms with Gasteiger partial charge in [-0.1, -0.05) is 135 Å². The van der Waals surface area contributed by atoms with E-state index in [1.54, 1.807) is 0 Å². The quantitative estimate of drug-likeness (QED) is 0.221. The van der Waals surface area contributed by atoms with E-state index in [0.29, 0.717) is 0 Å². The fourth-order valence-corrected chi connectivity index (χ4v) is 7.20. The highest BCUT2D eigenvalue weighted by atomic mass is 16.3. The number of aliphatic imine (C=N–C) groups is 2. The Balaban J connectivity index is 1.15. The highest BCUT2D eigenvalue weighted by Gasteiger charge is 2.36. The van der Waals surface area contributed by atoms with Crippen molar-refractivity contribution in [3.05, 3.63) is 167 Å². The van der Waals surface area contributed by atoms with Crippen LogP contribution in [0.3, 0.4) is 0 Å². The molecule has 2 aliphatic rings. The first-order chi connectivity index (χ1) is 22.5. The Kier molecular flexibility index (Phi) is 5.88. The summed E-state index contributed by atoms with van der Waals surface area (Å²) in [6.07, 6.45) is -0.407. The molecular weight excluding hydrogens is 562 g/mol. The summed E-state index contributed by atoms with van der Waals surface area (Å²) in [5, 5.41) is 5.66. The number of amidine groups is 2. The summed E-state index contributed by atoms with van der Waals surface area (Å²) in [5.41, 5.74) is 12.6. The Morgan fingerprint density at radius 1 is 0.543 bits per heavy atom. The lowest BCUT2D eigenvalue weighted by atomic mass is 9.82. The Bertz CT molecular complexity index is 2310. The van der Waals surface area contributed by atoms with Crippen LogP contribution in [0.2, 0.25) is 0 Å². The number of rotatable bonds is 4. The summed E-state index contributed by atoms with van der Waals surface area (Å²) >= 11 is 0. The zero-order valence-electron chi connectivity index (χ0n) is 25.7. The van der Waals surface area contributed by atoms with E-state index in [2.05, 4.69) is 122 Å². The minimum atomic E-state index is -0.407. The van der Waals surface area contributed by atoms with Crippen molar-refractivity contribution in [2.75, 3.05) is 0 Å². The van der Waals surface area contributed by atoms with Crippen LogP contribution in [0.25, 0.3) is 44.2 Å². The predicted molar refractivity (Wildman–Crippen MR) is 189 cm³/mol. The van der Waals surface area contributed by atoms with Crippen LogP contribution in [-0.2, 0) is 5.41 Å². The van der Waals surface area contributed by atoms with Gasteiger partial charge in [-0.3, -0.25) is 0 Å². The van der Waals surface area contributed by atoms with Crippen LogP contribution in [0.15, 0.2) is 154 Å². The summed E-state index contributed by atoms with van der Waals surface area (Å²) in [7, 11) is 0. The van der Waals surface area contributed by atoms with Gasteiger partial charge in [-0.05, 0) is 51.6 Å². The largest absolute Gasteiger partial charge is 0.456 e. The lowest BCUT2D eigenvalue weighted by molar-refractivity contribution is 0.660. The number of nitrogens with one attached hydrogen (secondary N) is 1. The highest BCUT2D eigenvalue weighted by molar-refractivity contribution is 6.16. The van der Waals surface area contributed by atoms with Gasteiger partial charge in [-0.2, -0.15) is 0 Å². The molecule has 4 nitrogen and oxygen atoms in total. The molecule has 1 N–H and O–H groups in total. The van der Waals surface area contributed by atoms with Gasteiger partial charge in [0.05, 0.1) is 0 Å². The summed E-state index contributed by atoms with van der Waals surface area (Å²) in [4.78, 5) is 10.1. The van der Waals surface area contributed by atoms with Crippen molar-refractivity contribution in [1.82, 2.24) is 5.32 Å². The molecule has 0 saturated carbocycles. The van der Waals surface area contributed by atoms with E-state index in [1.165, 1.54) is 33.4 Å². The molecule has 0 spiro atoms. The van der Waals surface area contributed by atoms with Crippen molar-refractivity contribution in [2.45, 2.75) is 25.4 Å². The average molecular weight is 594 g/mol. The predicted octanol–water partition coefficient (Wildman–Crippen LogP) is 10.1. The van der Waals surface area contributed by atoms with Gasteiger partial charge in [0.25, 0.3) is 0 Å². The zero-order valence-corrected chi connectivity index (χ0v) is 25.7. The lowest BCUT2D eigenvalue weighted by Crippen LogP contribution is -2.35. The Morgan fingerprint density at radius 3 is 1.93 bits per heavy atom. The van der Waals surface area contributed by atoms with Gasteiger partial charge in [0.1, 0.15) is 22.8 Å². The molecule has 9 rings (SSSR count). The van der Waals surface area contributed by atoms with Crippen LogP contribution in [0, 0.1) is 0 Å². The maximum Gasteiger partial charge on any atom is 0.169 e. The molecule has 0 atom stereocenters. The molecule has 0 unspecified atom stereocenters. The second kappa shape index (κ2) is 10.1. The van der Waals surface area contributed by atoms with Gasteiger partial charge < -0.3 is 9.73 Å². The molecule has 1 aliphatic carbocycles. The second-order valence-electron chi connectivity index (χ2n) is 12.7. The Morgan fingerprint density at radius 2 is 1.20 bits per heavy atom. The van der Waals surface area contributed by atoms with Gasteiger partial charge in [0.2, 0.25) is 0 Å². The normalized spacial score (nSPS) is 15.3. The molecule has 1 aromatic heterocycles. The topological polar surface area (TPSA) is 49.9 Å². The average Bonchev–Trinajstić information content (AvgIpc) is 3.60. The fourth-order valence-electron chi connectivity index (χ4n) is 7.20. The first-order valence-corrected chi connectivity index (χ1v) is 15.8. The molecule has 0 saturated heterocycles. The number of nitrogens with zero attached hydrogens (tertiary/aromatic N) is 2. The molecule has 4 heteroatoms. The van der Waals surface area contributed by atoms with Crippen LogP contribution in [-0.4, -0.2) is 11.7 Å². The van der Waals surface area contributed by atoms with Crippen LogP contribution < -0.4 is 5.32 Å². The number of benzene rings is 6. The molecule has 1 aliphatic heterocycles. The number of fused-ring (bicyclic) bond motifs is 6. The van der Waals surface area contributed by atoms with E-state index in [0.717, 1.165) is 50.3 Å². The fraction of sp³-hybridized carbons (Fsp3) is 0.0952. The third-order valence-corrected chi connectivity index (χ3v) is 9.55. The van der Waals surface area contributed by atoms with Gasteiger partial charge >= 0.3 is 0 Å². The van der Waals surface area contributed by atoms with Crippen LogP contribution >= 0.6 is 0 Å². The van der Waals surface area contributed by atoms with Gasteiger partial charge in [0.15, 0.2) is 6.17 Å². The molecule has 6 aromatic carbocycles. The number of hydrogen-bond donors (Lipinski definition) is 1. The summed E-state index contributed by atoms with van der Waals surface area (Å²) < 4.78 is 6.47. The highest BCUT2D eigenvalue weighted by Crippen LogP contribution is 2.52. The third kappa shape index (κ3) is 4.14. The zero-order chi connectivity index (χ0) is 30.8. The van der Waals surface area contributed by atoms with Crippen molar-refractivity contribution < 1.29 is 4.42 Å². The molecule has 0 fully saturated rings. The Hall–Kier alpha value is -5.74. The standard InChI is InChI=1S/C42H31N3O/c1-42(2)34-18-10-9-16-32(34)38-30(17-11-19-35(38)42)28-21-23-36-33(24-28)31-22-20-29(25-37(31)46-36)41-44-39(26-12-5-3-6-13-26)43-40(45-41)27-14-7-4-8-15-27/h3-25,41H,1-2H3,(H,43,44,45). The number of hydrogen-bond acceptors (Lipinski definition) is 4. The van der Waals surface area contributed by atoms with Crippen molar-refractivity contribution in [3.63, 3.8) is 0 Å². The van der Waals surface area contributed by atoms with Crippen LogP contribution in [0.4, 0.5) is 0 Å². The lowest BCUT2D eigenvalue weighted by Gasteiger charge is -2.22. The molecule has 46 heavy (non-hydrogen) atoms. The Labute approximate surface area is 267 Å².